The van der Waals surface area contributed by atoms with Crippen LogP contribution in [0.15, 0.2) is 36.5 Å². The summed E-state index contributed by atoms with van der Waals surface area (Å²) in [6.45, 7) is 6.20. The first-order valence-corrected chi connectivity index (χ1v) is 7.67. The van der Waals surface area contributed by atoms with Crippen LogP contribution in [0.4, 0.5) is 10.2 Å². The average Bonchev–Trinajstić information content (AvgIpc) is 2.53. The molecule has 0 aliphatic heterocycles. The summed E-state index contributed by atoms with van der Waals surface area (Å²) in [7, 11) is 1.42. The second-order valence-electron chi connectivity index (χ2n) is 6.57. The van der Waals surface area contributed by atoms with Crippen molar-refractivity contribution < 1.29 is 9.13 Å². The molecule has 0 aliphatic carbocycles. The van der Waals surface area contributed by atoms with Gasteiger partial charge < -0.3 is 10.1 Å². The van der Waals surface area contributed by atoms with E-state index >= 15 is 0 Å². The highest BCUT2D eigenvalue weighted by atomic mass is 19.1. The van der Waals surface area contributed by atoms with Gasteiger partial charge in [-0.15, -0.1) is 0 Å². The summed E-state index contributed by atoms with van der Waals surface area (Å²) in [4.78, 5) is 8.97. The molecule has 1 radical (unpaired) electrons. The summed E-state index contributed by atoms with van der Waals surface area (Å²) in [5.41, 5.74) is 2.42. The van der Waals surface area contributed by atoms with Crippen LogP contribution in [-0.4, -0.2) is 22.6 Å². The van der Waals surface area contributed by atoms with Gasteiger partial charge in [-0.05, 0) is 45.0 Å². The predicted molar refractivity (Wildman–Crippen MR) is 93.7 cm³/mol. The van der Waals surface area contributed by atoms with Crippen LogP contribution in [-0.2, 0) is 0 Å². The van der Waals surface area contributed by atoms with Gasteiger partial charge in [0.2, 0.25) is 0 Å². The first-order valence-electron chi connectivity index (χ1n) is 7.67. The van der Waals surface area contributed by atoms with Gasteiger partial charge >= 0.3 is 0 Å². The van der Waals surface area contributed by atoms with E-state index in [-0.39, 0.29) is 11.3 Å². The quantitative estimate of drug-likeness (QED) is 0.773. The van der Waals surface area contributed by atoms with Crippen LogP contribution < -0.4 is 10.1 Å². The third kappa shape index (κ3) is 3.30. The summed E-state index contributed by atoms with van der Waals surface area (Å²) < 4.78 is 19.4. The van der Waals surface area contributed by atoms with Gasteiger partial charge in [-0.25, -0.2) is 9.37 Å². The number of nitrogens with one attached hydrogen (secondary N) is 1. The van der Waals surface area contributed by atoms with E-state index in [1.54, 1.807) is 18.3 Å². The molecule has 0 spiro atoms. The smallest absolute Gasteiger partial charge is 0.173 e. The molecule has 0 fully saturated rings. The van der Waals surface area contributed by atoms with Gasteiger partial charge in [-0.2, -0.15) is 0 Å². The number of halogens is 1. The molecule has 1 N–H and O–H groups in total. The molecule has 5 heteroatoms. The number of benzene rings is 1. The molecule has 1 aromatic carbocycles. The number of fused-ring (bicyclic) bond motifs is 1. The second-order valence-corrected chi connectivity index (χ2v) is 6.57. The molecule has 2 heterocycles. The highest BCUT2D eigenvalue weighted by Gasteiger charge is 2.13. The Labute approximate surface area is 140 Å². The fourth-order valence-electron chi connectivity index (χ4n) is 2.44. The van der Waals surface area contributed by atoms with E-state index in [1.165, 1.54) is 7.11 Å². The van der Waals surface area contributed by atoms with E-state index in [2.05, 4.69) is 42.1 Å². The predicted octanol–water partition coefficient (Wildman–Crippen LogP) is 4.46. The third-order valence-electron chi connectivity index (χ3n) is 3.46. The molecule has 0 aliphatic rings. The van der Waals surface area contributed by atoms with Crippen LogP contribution in [0.2, 0.25) is 0 Å². The Balaban J connectivity index is 2.07. The normalized spacial score (nSPS) is 11.5. The lowest BCUT2D eigenvalue weighted by atomic mass is 10.1. The van der Waals surface area contributed by atoms with E-state index in [9.17, 15) is 4.39 Å². The topological polar surface area (TPSA) is 47.0 Å². The molecule has 2 aromatic heterocycles. The van der Waals surface area contributed by atoms with Gasteiger partial charge in [-0.3, -0.25) is 4.98 Å². The van der Waals surface area contributed by atoms with Crippen LogP contribution >= 0.6 is 0 Å². The summed E-state index contributed by atoms with van der Waals surface area (Å²) >= 11 is 0. The molecular formula is C19H19FN3O. The highest BCUT2D eigenvalue weighted by molar-refractivity contribution is 5.82. The Morgan fingerprint density at radius 2 is 1.96 bits per heavy atom. The first-order chi connectivity index (χ1) is 11.4. The summed E-state index contributed by atoms with van der Waals surface area (Å²) in [5, 5.41) is 3.32. The van der Waals surface area contributed by atoms with Crippen molar-refractivity contribution in [1.29, 1.82) is 0 Å². The fourth-order valence-corrected chi connectivity index (χ4v) is 2.44. The Morgan fingerprint density at radius 1 is 1.17 bits per heavy atom. The minimum absolute atomic E-state index is 0.0868. The number of aromatic nitrogens is 2. The van der Waals surface area contributed by atoms with Crippen molar-refractivity contribution in [2.24, 2.45) is 0 Å². The molecular weight excluding hydrogens is 305 g/mol. The maximum Gasteiger partial charge on any atom is 0.173 e. The van der Waals surface area contributed by atoms with Gasteiger partial charge in [0.05, 0.1) is 18.1 Å². The van der Waals surface area contributed by atoms with Gasteiger partial charge in [0, 0.05) is 28.9 Å². The molecule has 0 saturated heterocycles. The molecule has 24 heavy (non-hydrogen) atoms. The van der Waals surface area contributed by atoms with E-state index in [0.29, 0.717) is 16.6 Å². The van der Waals surface area contributed by atoms with Gasteiger partial charge in [0.25, 0.3) is 0 Å². The highest BCUT2D eigenvalue weighted by Crippen LogP contribution is 2.29. The van der Waals surface area contributed by atoms with Crippen LogP contribution in [0.3, 0.4) is 0 Å². The zero-order chi connectivity index (χ0) is 17.3. The van der Waals surface area contributed by atoms with Crippen molar-refractivity contribution in [1.82, 2.24) is 9.97 Å². The maximum absolute atomic E-state index is 14.4. The van der Waals surface area contributed by atoms with E-state index in [0.717, 1.165) is 11.3 Å². The van der Waals surface area contributed by atoms with Crippen molar-refractivity contribution in [3.05, 3.63) is 48.4 Å². The number of hydrogen-bond acceptors (Lipinski definition) is 4. The Kier molecular flexibility index (Phi) is 4.09. The molecule has 3 rings (SSSR count). The molecule has 3 aromatic rings. The number of nitrogens with zero attached hydrogens (tertiary/aromatic N) is 2. The number of anilines is 1. The SMILES string of the molecule is COc1[c]ccc(-c2cnc3ccc(NC(C)(C)C)nc3c2)c1F. The molecule has 4 nitrogen and oxygen atoms in total. The van der Waals surface area contributed by atoms with Crippen molar-refractivity contribution >= 4 is 16.9 Å². The molecule has 0 unspecified atom stereocenters. The molecule has 123 valence electrons. The van der Waals surface area contributed by atoms with Crippen LogP contribution in [0.1, 0.15) is 20.8 Å². The number of pyridine rings is 2. The lowest BCUT2D eigenvalue weighted by Gasteiger charge is -2.21. The Hall–Kier alpha value is -2.69. The first kappa shape index (κ1) is 16.2. The third-order valence-corrected chi connectivity index (χ3v) is 3.46. The number of methoxy groups -OCH3 is 1. The summed E-state index contributed by atoms with van der Waals surface area (Å²) in [6, 6.07) is 11.6. The standard InChI is InChI=1S/C19H19FN3O/c1-19(2,3)23-17-9-8-14-15(22-17)10-12(11-21-14)13-6-5-7-16(24-4)18(13)20/h5-6,8-11H,1-4H3,(H,22,23). The van der Waals surface area contributed by atoms with Gasteiger partial charge in [0.15, 0.2) is 11.6 Å². The van der Waals surface area contributed by atoms with Crippen LogP contribution in [0.5, 0.6) is 5.75 Å². The molecule has 0 atom stereocenters. The van der Waals surface area contributed by atoms with Crippen LogP contribution in [0.25, 0.3) is 22.2 Å². The summed E-state index contributed by atoms with van der Waals surface area (Å²) in [6.07, 6.45) is 1.64. The van der Waals surface area contributed by atoms with Crippen molar-refractivity contribution in [3.63, 3.8) is 0 Å². The van der Waals surface area contributed by atoms with Crippen molar-refractivity contribution in [2.45, 2.75) is 26.3 Å². The minimum Gasteiger partial charge on any atom is -0.493 e. The Bertz CT molecular complexity index is 887. The lowest BCUT2D eigenvalue weighted by Crippen LogP contribution is -2.26. The van der Waals surface area contributed by atoms with E-state index in [4.69, 9.17) is 4.74 Å². The molecule has 0 saturated carbocycles. The number of hydrogen-bond donors (Lipinski definition) is 1. The monoisotopic (exact) mass is 324 g/mol. The van der Waals surface area contributed by atoms with Crippen molar-refractivity contribution in [3.8, 4) is 16.9 Å². The average molecular weight is 324 g/mol. The molecule has 0 bridgehead atoms. The fraction of sp³-hybridized carbons (Fsp3) is 0.263. The number of ether oxygens (including phenoxy) is 1. The Morgan fingerprint density at radius 3 is 2.67 bits per heavy atom. The lowest BCUT2D eigenvalue weighted by molar-refractivity contribution is 0.386. The van der Waals surface area contributed by atoms with E-state index in [1.807, 2.05) is 18.2 Å². The van der Waals surface area contributed by atoms with Gasteiger partial charge in [-0.1, -0.05) is 6.07 Å². The zero-order valence-corrected chi connectivity index (χ0v) is 14.1. The summed E-state index contributed by atoms with van der Waals surface area (Å²) in [5.74, 6) is 0.391. The maximum atomic E-state index is 14.4. The zero-order valence-electron chi connectivity index (χ0n) is 14.1. The largest absolute Gasteiger partial charge is 0.493 e. The number of rotatable bonds is 3. The second kappa shape index (κ2) is 6.07. The van der Waals surface area contributed by atoms with Crippen molar-refractivity contribution in [2.75, 3.05) is 12.4 Å². The minimum atomic E-state index is -0.454. The van der Waals surface area contributed by atoms with E-state index < -0.39 is 5.82 Å². The molecule has 0 amide bonds. The van der Waals surface area contributed by atoms with Gasteiger partial charge in [0.1, 0.15) is 5.82 Å². The van der Waals surface area contributed by atoms with Crippen LogP contribution in [0, 0.1) is 11.9 Å².